The van der Waals surface area contributed by atoms with E-state index in [1.54, 1.807) is 39.4 Å². The molecule has 2 aromatic rings. The summed E-state index contributed by atoms with van der Waals surface area (Å²) in [5.74, 6) is 2.77. The number of carbonyl (C=O) groups excluding carboxylic acids is 5. The molecule has 16 heteroatoms. The van der Waals surface area contributed by atoms with Gasteiger partial charge in [-0.2, -0.15) is 0 Å². The predicted molar refractivity (Wildman–Crippen MR) is 246 cm³/mol. The van der Waals surface area contributed by atoms with Gasteiger partial charge in [0.1, 0.15) is 17.1 Å². The third kappa shape index (κ3) is 15.1. The van der Waals surface area contributed by atoms with Gasteiger partial charge in [0.2, 0.25) is 29.5 Å². The first-order valence-corrected chi connectivity index (χ1v) is 23.6. The number of carbonyl (C=O) groups is 5. The normalized spacial score (nSPS) is 17.9. The van der Waals surface area contributed by atoms with Crippen LogP contribution in [0.1, 0.15) is 116 Å². The number of hydrogen-bond acceptors (Lipinski definition) is 11. The summed E-state index contributed by atoms with van der Waals surface area (Å²) in [4.78, 5) is 84.2. The third-order valence-electron chi connectivity index (χ3n) is 12.7. The topological polar surface area (TPSA) is 186 Å². The molecule has 1 aromatic carbocycles. The molecule has 1 aromatic heterocycles. The van der Waals surface area contributed by atoms with Crippen LogP contribution in [0.15, 0.2) is 41.9 Å². The van der Waals surface area contributed by atoms with E-state index in [2.05, 4.69) is 20.5 Å². The number of benzene rings is 1. The Balaban J connectivity index is 1.77. The smallest absolute Gasteiger partial charge is 0.245 e. The number of unbranched alkanes of at least 4 members (excludes halogenated alkanes) is 2. The first-order valence-electron chi connectivity index (χ1n) is 22.8. The Morgan fingerprint density at radius 2 is 1.62 bits per heavy atom. The lowest BCUT2D eigenvalue weighted by Gasteiger charge is -2.41. The van der Waals surface area contributed by atoms with Gasteiger partial charge in [0, 0.05) is 52.9 Å². The first-order chi connectivity index (χ1) is 30.0. The minimum Gasteiger partial charge on any atom is -0.379 e. The molecule has 2 heterocycles. The van der Waals surface area contributed by atoms with Crippen LogP contribution in [0.25, 0.3) is 0 Å². The summed E-state index contributed by atoms with van der Waals surface area (Å²) in [7, 11) is 6.48. The van der Waals surface area contributed by atoms with E-state index in [0.29, 0.717) is 38.8 Å². The Morgan fingerprint density at radius 3 is 2.19 bits per heavy atom. The zero-order valence-corrected chi connectivity index (χ0v) is 40.5. The molecule has 1 fully saturated rings. The molecule has 4 N–H and O–H groups in total. The number of ether oxygens (including phenoxy) is 2. The van der Waals surface area contributed by atoms with E-state index in [4.69, 9.17) is 15.4 Å². The fourth-order valence-electron chi connectivity index (χ4n) is 8.93. The molecular weight excluding hydrogens is 823 g/mol. The second-order valence-electron chi connectivity index (χ2n) is 17.8. The summed E-state index contributed by atoms with van der Waals surface area (Å²) in [6.45, 7) is 14.3. The van der Waals surface area contributed by atoms with Gasteiger partial charge in [-0.3, -0.25) is 24.0 Å². The zero-order valence-electron chi connectivity index (χ0n) is 39.7. The van der Waals surface area contributed by atoms with Gasteiger partial charge in [0.25, 0.3) is 0 Å². The summed E-state index contributed by atoms with van der Waals surface area (Å²) in [5.41, 5.74) is 1.08. The molecule has 1 aliphatic heterocycles. The molecule has 354 valence electrons. The van der Waals surface area contributed by atoms with Crippen molar-refractivity contribution in [2.24, 2.45) is 29.6 Å². The van der Waals surface area contributed by atoms with Crippen LogP contribution in [0.3, 0.4) is 0 Å². The molecule has 0 aliphatic carbocycles. The second kappa shape index (κ2) is 26.7. The summed E-state index contributed by atoms with van der Waals surface area (Å²) in [5, 5.41) is 8.95. The Bertz CT molecular complexity index is 1700. The molecule has 1 aliphatic rings. The highest BCUT2D eigenvalue weighted by atomic mass is 32.1. The van der Waals surface area contributed by atoms with Crippen LogP contribution in [0.5, 0.6) is 0 Å². The van der Waals surface area contributed by atoms with E-state index in [0.717, 1.165) is 29.8 Å². The maximum absolute atomic E-state index is 14.5. The van der Waals surface area contributed by atoms with Gasteiger partial charge in [-0.05, 0) is 55.4 Å². The van der Waals surface area contributed by atoms with Crippen molar-refractivity contribution in [1.29, 1.82) is 0 Å². The number of nitrogens with zero attached hydrogens (tertiary/aromatic N) is 4. The monoisotopic (exact) mass is 900 g/mol. The largest absolute Gasteiger partial charge is 0.379 e. The van der Waals surface area contributed by atoms with Gasteiger partial charge >= 0.3 is 0 Å². The molecule has 0 unspecified atom stereocenters. The number of nitrogens with two attached hydrogens (primary N) is 1. The van der Waals surface area contributed by atoms with E-state index in [1.807, 2.05) is 89.1 Å². The van der Waals surface area contributed by atoms with Crippen LogP contribution >= 0.6 is 11.3 Å². The highest BCUT2D eigenvalue weighted by molar-refractivity contribution is 7.09. The average molecular weight is 900 g/mol. The molecule has 9 atom stereocenters. The SMILES string of the molecule is CC[C@H](C)[C@@H]([C@@H](CC(=O)N1CCC[C@H]1[C@H](OC)[C@@H](C)C(=O)N[C@@H](Cc1ccccc1)c1nccs1)OC)N(C)C(=O)[C@@H](NC(=O)[C@H](C(C)C)N(C)C(=O)CCCCCON)C(C)C. The van der Waals surface area contributed by atoms with Gasteiger partial charge < -0.3 is 39.6 Å². The number of rotatable bonds is 27. The lowest BCUT2D eigenvalue weighted by atomic mass is 9.89. The van der Waals surface area contributed by atoms with E-state index in [1.165, 1.54) is 16.2 Å². The van der Waals surface area contributed by atoms with Crippen molar-refractivity contribution in [3.8, 4) is 0 Å². The van der Waals surface area contributed by atoms with Crippen LogP contribution in [0.4, 0.5) is 0 Å². The summed E-state index contributed by atoms with van der Waals surface area (Å²) < 4.78 is 12.1. The van der Waals surface area contributed by atoms with Crippen molar-refractivity contribution in [2.45, 2.75) is 149 Å². The van der Waals surface area contributed by atoms with E-state index < -0.39 is 42.2 Å². The Kier molecular flexibility index (Phi) is 22.7. The van der Waals surface area contributed by atoms with Crippen LogP contribution in [-0.2, 0) is 44.7 Å². The second-order valence-corrected chi connectivity index (χ2v) is 18.7. The van der Waals surface area contributed by atoms with Crippen molar-refractivity contribution in [3.63, 3.8) is 0 Å². The van der Waals surface area contributed by atoms with E-state index in [9.17, 15) is 24.0 Å². The van der Waals surface area contributed by atoms with Crippen LogP contribution in [-0.4, -0.2) is 127 Å². The molecule has 0 bridgehead atoms. The average Bonchev–Trinajstić information content (AvgIpc) is 3.99. The van der Waals surface area contributed by atoms with Gasteiger partial charge in [0.05, 0.1) is 49.3 Å². The van der Waals surface area contributed by atoms with Crippen molar-refractivity contribution in [2.75, 3.05) is 41.5 Å². The van der Waals surface area contributed by atoms with Crippen molar-refractivity contribution in [1.82, 2.24) is 30.3 Å². The number of thiazole rings is 1. The van der Waals surface area contributed by atoms with Gasteiger partial charge in [0.15, 0.2) is 0 Å². The Hall–Kier alpha value is -3.96. The fraction of sp³-hybridized carbons (Fsp3) is 0.702. The minimum atomic E-state index is -0.899. The molecular formula is C47H77N7O8S. The molecule has 1 saturated heterocycles. The first kappa shape index (κ1) is 53.4. The number of nitrogens with one attached hydrogen (secondary N) is 2. The lowest BCUT2D eigenvalue weighted by Crippen LogP contribution is -2.60. The van der Waals surface area contributed by atoms with Gasteiger partial charge in [-0.1, -0.05) is 91.6 Å². The molecule has 0 saturated carbocycles. The number of aromatic nitrogens is 1. The number of likely N-dealkylation sites (N-methyl/N-ethyl adjacent to an activating group) is 2. The van der Waals surface area contributed by atoms with Crippen molar-refractivity contribution >= 4 is 40.9 Å². The van der Waals surface area contributed by atoms with E-state index in [-0.39, 0.29) is 66.3 Å². The van der Waals surface area contributed by atoms with Gasteiger partial charge in [-0.25, -0.2) is 10.9 Å². The van der Waals surface area contributed by atoms with Crippen LogP contribution in [0.2, 0.25) is 0 Å². The summed E-state index contributed by atoms with van der Waals surface area (Å²) in [6.07, 6.45) is 5.63. The number of amides is 5. The Labute approximate surface area is 380 Å². The van der Waals surface area contributed by atoms with Crippen molar-refractivity contribution < 1.29 is 38.3 Å². The number of hydrogen-bond donors (Lipinski definition) is 3. The highest BCUT2D eigenvalue weighted by Crippen LogP contribution is 2.31. The zero-order chi connectivity index (χ0) is 46.8. The minimum absolute atomic E-state index is 0.000115. The summed E-state index contributed by atoms with van der Waals surface area (Å²) in [6, 6.07) is 7.10. The maximum atomic E-state index is 14.5. The van der Waals surface area contributed by atoms with Crippen LogP contribution in [0, 0.1) is 23.7 Å². The number of methoxy groups -OCH3 is 2. The molecule has 15 nitrogen and oxygen atoms in total. The quantitative estimate of drug-likeness (QED) is 0.0760. The van der Waals surface area contributed by atoms with Crippen molar-refractivity contribution in [3.05, 3.63) is 52.5 Å². The third-order valence-corrected chi connectivity index (χ3v) is 13.6. The lowest BCUT2D eigenvalue weighted by molar-refractivity contribution is -0.148. The van der Waals surface area contributed by atoms with E-state index >= 15 is 0 Å². The standard InChI is InChI=1S/C47H77N7O8S/c1-12-32(6)42(53(9)47(59)40(30(2)3)51-45(58)41(31(4)5)52(8)38(55)23-17-14-18-26-62-48)37(60-10)29-39(56)54-25-19-22-36(54)43(61-11)33(7)44(57)50-35(46-49-24-27-63-46)28-34-20-15-13-16-21-34/h13,15-16,20-21,24,27,30-33,35-37,40-43H,12,14,17-19,22-23,25-26,28-29,48H2,1-11H3,(H,50,57)(H,51,58)/t32-,33+,35-,36-,37+,40-,41-,42-,43+/m0/s1. The molecule has 63 heavy (non-hydrogen) atoms. The Morgan fingerprint density at radius 1 is 0.921 bits per heavy atom. The molecule has 0 radical (unpaired) electrons. The molecule has 5 amide bonds. The highest BCUT2D eigenvalue weighted by Gasteiger charge is 2.43. The fourth-order valence-corrected chi connectivity index (χ4v) is 9.62. The number of likely N-dealkylation sites (tertiary alicyclic amines) is 1. The predicted octanol–water partition coefficient (Wildman–Crippen LogP) is 5.54. The molecule has 3 rings (SSSR count). The maximum Gasteiger partial charge on any atom is 0.245 e. The van der Waals surface area contributed by atoms with Gasteiger partial charge in [-0.15, -0.1) is 11.3 Å². The molecule has 0 spiro atoms. The summed E-state index contributed by atoms with van der Waals surface area (Å²) >= 11 is 1.49. The van der Waals surface area contributed by atoms with Crippen LogP contribution < -0.4 is 16.5 Å².